The van der Waals surface area contributed by atoms with Crippen molar-refractivity contribution in [1.29, 1.82) is 0 Å². The molecule has 0 atom stereocenters. The normalized spacial score (nSPS) is 15.6. The summed E-state index contributed by atoms with van der Waals surface area (Å²) in [4.78, 5) is 2.60. The molecule has 268 valence electrons. The van der Waals surface area contributed by atoms with Gasteiger partial charge in [-0.1, -0.05) is 191 Å². The lowest BCUT2D eigenvalue weighted by Gasteiger charge is -2.39. The van der Waals surface area contributed by atoms with E-state index in [4.69, 9.17) is 0 Å². The topological polar surface area (TPSA) is 3.24 Å². The van der Waals surface area contributed by atoms with Crippen molar-refractivity contribution in [2.45, 2.75) is 43.9 Å². The molecule has 0 amide bonds. The molecule has 0 saturated carbocycles. The average molecular weight is 718 g/mol. The van der Waals surface area contributed by atoms with Crippen LogP contribution in [0.1, 0.15) is 72.2 Å². The Morgan fingerprint density at radius 1 is 0.321 bits per heavy atom. The van der Waals surface area contributed by atoms with Gasteiger partial charge in [0.15, 0.2) is 0 Å². The van der Waals surface area contributed by atoms with Crippen LogP contribution in [0.15, 0.2) is 188 Å². The lowest BCUT2D eigenvalue weighted by molar-refractivity contribution is 0.660. The van der Waals surface area contributed by atoms with Crippen LogP contribution in [0, 0.1) is 0 Å². The van der Waals surface area contributed by atoms with E-state index in [-0.39, 0.29) is 10.8 Å². The van der Waals surface area contributed by atoms with E-state index >= 15 is 0 Å². The van der Waals surface area contributed by atoms with E-state index in [0.29, 0.717) is 0 Å². The van der Waals surface area contributed by atoms with Gasteiger partial charge in [-0.25, -0.2) is 0 Å². The van der Waals surface area contributed by atoms with Crippen molar-refractivity contribution in [2.75, 3.05) is 4.90 Å². The van der Waals surface area contributed by atoms with Gasteiger partial charge in [0, 0.05) is 22.1 Å². The van der Waals surface area contributed by atoms with Gasteiger partial charge < -0.3 is 4.90 Å². The summed E-state index contributed by atoms with van der Waals surface area (Å²) in [5, 5.41) is 0. The maximum Gasteiger partial charge on any atom is 0.0733 e. The molecule has 0 radical (unpaired) electrons. The zero-order valence-electron chi connectivity index (χ0n) is 32.3. The SMILES string of the molecule is CC1(C)c2ccccc2-c2ccc(N(c3ccccc3C3(c4ccccc4)c4ccccc4-c4ccccc43)c3cccc4c3-c3ccccc3C4(C)C)cc21. The summed E-state index contributed by atoms with van der Waals surface area (Å²) in [5.74, 6) is 0. The van der Waals surface area contributed by atoms with Gasteiger partial charge >= 0.3 is 0 Å². The molecule has 11 rings (SSSR count). The monoisotopic (exact) mass is 717 g/mol. The predicted octanol–water partition coefficient (Wildman–Crippen LogP) is 14.1. The molecule has 0 bridgehead atoms. The summed E-state index contributed by atoms with van der Waals surface area (Å²) < 4.78 is 0. The molecular formula is C55H43N. The minimum atomic E-state index is -0.565. The zero-order valence-corrected chi connectivity index (χ0v) is 32.3. The smallest absolute Gasteiger partial charge is 0.0733 e. The summed E-state index contributed by atoms with van der Waals surface area (Å²) in [6, 6.07) is 70.8. The van der Waals surface area contributed by atoms with Crippen molar-refractivity contribution in [3.63, 3.8) is 0 Å². The first-order valence-corrected chi connectivity index (χ1v) is 20.0. The van der Waals surface area contributed by atoms with Crippen LogP contribution in [0.3, 0.4) is 0 Å². The van der Waals surface area contributed by atoms with Gasteiger partial charge in [0.05, 0.1) is 16.8 Å². The Morgan fingerprint density at radius 2 is 0.768 bits per heavy atom. The Hall–Kier alpha value is -6.44. The van der Waals surface area contributed by atoms with E-state index in [1.54, 1.807) is 0 Å². The van der Waals surface area contributed by atoms with Crippen molar-refractivity contribution >= 4 is 17.1 Å². The molecule has 8 aromatic carbocycles. The molecule has 1 nitrogen and oxygen atoms in total. The second-order valence-electron chi connectivity index (χ2n) is 16.8. The third kappa shape index (κ3) is 4.26. The zero-order chi connectivity index (χ0) is 37.8. The summed E-state index contributed by atoms with van der Waals surface area (Å²) in [5.41, 5.74) is 21.2. The van der Waals surface area contributed by atoms with Crippen LogP contribution in [0.5, 0.6) is 0 Å². The molecule has 0 fully saturated rings. The number of fused-ring (bicyclic) bond motifs is 9. The largest absolute Gasteiger partial charge is 0.310 e. The van der Waals surface area contributed by atoms with E-state index in [0.717, 1.165) is 5.69 Å². The van der Waals surface area contributed by atoms with Crippen molar-refractivity contribution < 1.29 is 0 Å². The Morgan fingerprint density at radius 3 is 1.43 bits per heavy atom. The molecular weight excluding hydrogens is 675 g/mol. The third-order valence-electron chi connectivity index (χ3n) is 13.4. The van der Waals surface area contributed by atoms with E-state index < -0.39 is 5.41 Å². The lowest BCUT2D eigenvalue weighted by atomic mass is 9.67. The maximum absolute atomic E-state index is 2.60. The van der Waals surface area contributed by atoms with Crippen molar-refractivity contribution in [2.24, 2.45) is 0 Å². The second-order valence-corrected chi connectivity index (χ2v) is 16.8. The molecule has 1 heteroatoms. The number of para-hydroxylation sites is 1. The lowest BCUT2D eigenvalue weighted by Crippen LogP contribution is -2.31. The number of anilines is 3. The van der Waals surface area contributed by atoms with Crippen LogP contribution in [-0.2, 0) is 16.2 Å². The molecule has 0 aliphatic heterocycles. The molecule has 3 aliphatic carbocycles. The van der Waals surface area contributed by atoms with Gasteiger partial charge in [0.2, 0.25) is 0 Å². The van der Waals surface area contributed by atoms with Gasteiger partial charge in [-0.05, 0) is 96.6 Å². The van der Waals surface area contributed by atoms with E-state index in [1.807, 2.05) is 0 Å². The predicted molar refractivity (Wildman–Crippen MR) is 234 cm³/mol. The van der Waals surface area contributed by atoms with Crippen molar-refractivity contribution in [1.82, 2.24) is 0 Å². The van der Waals surface area contributed by atoms with E-state index in [2.05, 4.69) is 221 Å². The first kappa shape index (κ1) is 32.9. The molecule has 0 unspecified atom stereocenters. The number of nitrogens with zero attached hydrogens (tertiary/aromatic N) is 1. The van der Waals surface area contributed by atoms with Gasteiger partial charge in [-0.2, -0.15) is 0 Å². The van der Waals surface area contributed by atoms with Gasteiger partial charge in [0.1, 0.15) is 0 Å². The molecule has 56 heavy (non-hydrogen) atoms. The van der Waals surface area contributed by atoms with E-state index in [9.17, 15) is 0 Å². The van der Waals surface area contributed by atoms with Crippen molar-refractivity contribution in [3.05, 3.63) is 233 Å². The Bertz CT molecular complexity index is 2830. The maximum atomic E-state index is 2.60. The Balaban J connectivity index is 1.26. The van der Waals surface area contributed by atoms with Crippen molar-refractivity contribution in [3.8, 4) is 33.4 Å². The first-order chi connectivity index (χ1) is 27.3. The number of benzene rings is 8. The minimum Gasteiger partial charge on any atom is -0.310 e. The second kappa shape index (κ2) is 11.8. The van der Waals surface area contributed by atoms with Crippen LogP contribution in [0.2, 0.25) is 0 Å². The highest BCUT2D eigenvalue weighted by Crippen LogP contribution is 2.61. The first-order valence-electron chi connectivity index (χ1n) is 20.0. The summed E-state index contributed by atoms with van der Waals surface area (Å²) in [6.07, 6.45) is 0. The minimum absolute atomic E-state index is 0.136. The number of rotatable bonds is 5. The number of hydrogen-bond acceptors (Lipinski definition) is 1. The average Bonchev–Trinajstić information content (AvgIpc) is 3.77. The quantitative estimate of drug-likeness (QED) is 0.171. The molecule has 0 aromatic heterocycles. The molecule has 8 aromatic rings. The van der Waals surface area contributed by atoms with Crippen LogP contribution < -0.4 is 4.90 Å². The molecule has 3 aliphatic rings. The molecule has 0 N–H and O–H groups in total. The summed E-state index contributed by atoms with van der Waals surface area (Å²) >= 11 is 0. The van der Waals surface area contributed by atoms with Gasteiger partial charge in [0.25, 0.3) is 0 Å². The molecule has 0 spiro atoms. The molecule has 0 heterocycles. The molecule has 0 saturated heterocycles. The standard InChI is InChI=1S/C55H43N/c1-53(2)44-26-13-11-24-42(44)52-48(53)30-18-32-51(52)56(37-33-34-41-38-21-8-12-25-43(38)54(3,4)49(41)35-37)50-31-17-16-29-47(50)55(36-19-6-5-7-20-36)45-27-14-9-22-39(45)40-23-10-15-28-46(40)55/h5-35H,1-4H3. The fraction of sp³-hybridized carbons (Fsp3) is 0.127. The fourth-order valence-corrected chi connectivity index (χ4v) is 10.8. The Labute approximate surface area is 330 Å². The van der Waals surface area contributed by atoms with E-state index in [1.165, 1.54) is 89.3 Å². The van der Waals surface area contributed by atoms with Crippen LogP contribution in [-0.4, -0.2) is 0 Å². The number of hydrogen-bond donors (Lipinski definition) is 0. The summed E-state index contributed by atoms with van der Waals surface area (Å²) in [7, 11) is 0. The van der Waals surface area contributed by atoms with Crippen LogP contribution in [0.4, 0.5) is 17.1 Å². The summed E-state index contributed by atoms with van der Waals surface area (Å²) in [6.45, 7) is 9.53. The fourth-order valence-electron chi connectivity index (χ4n) is 10.8. The highest BCUT2D eigenvalue weighted by molar-refractivity contribution is 5.98. The highest BCUT2D eigenvalue weighted by atomic mass is 15.1. The van der Waals surface area contributed by atoms with Gasteiger partial charge in [-0.3, -0.25) is 0 Å². The Kier molecular flexibility index (Phi) is 6.93. The highest BCUT2D eigenvalue weighted by Gasteiger charge is 2.48. The third-order valence-corrected chi connectivity index (χ3v) is 13.4. The van der Waals surface area contributed by atoms with Crippen LogP contribution in [0.25, 0.3) is 33.4 Å². The van der Waals surface area contributed by atoms with Gasteiger partial charge in [-0.15, -0.1) is 0 Å². The van der Waals surface area contributed by atoms with Crippen LogP contribution >= 0.6 is 0 Å².